The lowest BCUT2D eigenvalue weighted by molar-refractivity contribution is 0.0875. The van der Waals surface area contributed by atoms with Crippen LogP contribution in [0.1, 0.15) is 47.8 Å². The molecule has 5 aromatic carbocycles. The Labute approximate surface area is 231 Å². The van der Waals surface area contributed by atoms with Gasteiger partial charge in [-0.1, -0.05) is 66.4 Å². The van der Waals surface area contributed by atoms with Crippen LogP contribution < -0.4 is 10.1 Å². The molecule has 0 unspecified atom stereocenters. The summed E-state index contributed by atoms with van der Waals surface area (Å²) < 4.78 is 5.89. The van der Waals surface area contributed by atoms with Gasteiger partial charge >= 0.3 is 0 Å². The number of benzene rings is 5. The van der Waals surface area contributed by atoms with Gasteiger partial charge in [-0.05, 0) is 77.9 Å². The lowest BCUT2D eigenvalue weighted by atomic mass is 9.88. The molecule has 0 radical (unpaired) electrons. The Morgan fingerprint density at radius 2 is 1.15 bits per heavy atom. The fourth-order valence-corrected chi connectivity index (χ4v) is 4.58. The van der Waals surface area contributed by atoms with Gasteiger partial charge in [-0.3, -0.25) is 19.7 Å². The van der Waals surface area contributed by atoms with Crippen molar-refractivity contribution < 1.29 is 19.1 Å². The minimum atomic E-state index is -0.584. The summed E-state index contributed by atoms with van der Waals surface area (Å²) in [6.45, 7) is 0. The maximum absolute atomic E-state index is 13.9. The van der Waals surface area contributed by atoms with Crippen LogP contribution in [0.15, 0.2) is 121 Å². The Hall–Kier alpha value is -5.73. The van der Waals surface area contributed by atoms with E-state index in [9.17, 15) is 14.4 Å². The van der Waals surface area contributed by atoms with Crippen molar-refractivity contribution in [3.8, 4) is 34.5 Å². The Morgan fingerprint density at radius 1 is 0.575 bits per heavy atom. The zero-order chi connectivity index (χ0) is 27.5. The highest BCUT2D eigenvalue weighted by Gasteiger charge is 2.34. The van der Waals surface area contributed by atoms with Gasteiger partial charge in [0.25, 0.3) is 11.8 Å². The second-order valence-electron chi connectivity index (χ2n) is 9.16. The van der Waals surface area contributed by atoms with E-state index in [1.165, 1.54) is 0 Å². The molecule has 0 saturated carbocycles. The maximum Gasteiger partial charge on any atom is 0.259 e. The molecular weight excluding hydrogens is 498 g/mol. The third kappa shape index (κ3) is 4.90. The van der Waals surface area contributed by atoms with Gasteiger partial charge in [0.15, 0.2) is 5.78 Å². The van der Waals surface area contributed by atoms with E-state index < -0.39 is 11.8 Å². The van der Waals surface area contributed by atoms with Gasteiger partial charge in [-0.15, -0.1) is 0 Å². The second-order valence-corrected chi connectivity index (χ2v) is 9.16. The number of imide groups is 1. The summed E-state index contributed by atoms with van der Waals surface area (Å²) in [6.07, 6.45) is 0. The van der Waals surface area contributed by atoms with E-state index in [-0.39, 0.29) is 22.5 Å². The minimum Gasteiger partial charge on any atom is -0.457 e. The minimum absolute atomic E-state index is 0.0880. The summed E-state index contributed by atoms with van der Waals surface area (Å²) >= 11 is 0. The van der Waals surface area contributed by atoms with E-state index in [2.05, 4.69) is 17.2 Å². The highest BCUT2D eigenvalue weighted by atomic mass is 16.5. The number of rotatable bonds is 5. The summed E-state index contributed by atoms with van der Waals surface area (Å²) in [5.41, 5.74) is 3.74. The van der Waals surface area contributed by atoms with Crippen molar-refractivity contribution in [3.05, 3.63) is 155 Å². The summed E-state index contributed by atoms with van der Waals surface area (Å²) in [5, 5.41) is 2.32. The zero-order valence-electron chi connectivity index (χ0n) is 21.2. The molecule has 0 aliphatic carbocycles. The number of ether oxygens (including phenoxy) is 1. The van der Waals surface area contributed by atoms with Crippen LogP contribution in [0.25, 0.3) is 11.1 Å². The molecule has 5 aromatic rings. The summed E-state index contributed by atoms with van der Waals surface area (Å²) in [7, 11) is 0. The number of nitrogens with one attached hydrogen (secondary N) is 1. The van der Waals surface area contributed by atoms with E-state index in [0.717, 1.165) is 11.1 Å². The number of carbonyl (C=O) groups is 3. The van der Waals surface area contributed by atoms with Crippen molar-refractivity contribution in [2.24, 2.45) is 0 Å². The fraction of sp³-hybridized carbons (Fsp3) is 0. The van der Waals surface area contributed by atoms with Gasteiger partial charge in [0.05, 0.1) is 11.1 Å². The van der Waals surface area contributed by atoms with Crippen LogP contribution in [-0.2, 0) is 0 Å². The van der Waals surface area contributed by atoms with Crippen molar-refractivity contribution in [2.75, 3.05) is 0 Å². The lowest BCUT2D eigenvalue weighted by Gasteiger charge is -2.13. The van der Waals surface area contributed by atoms with Gasteiger partial charge in [0, 0.05) is 22.3 Å². The van der Waals surface area contributed by atoms with E-state index >= 15 is 0 Å². The number of ketones is 1. The molecule has 5 nitrogen and oxygen atoms in total. The molecule has 0 aromatic heterocycles. The SMILES string of the molecule is O=C1NC(=O)c2c1ccc(-c1ccc(Oc3ccccc3)cc1)c2C(=O)c1ccc(C#Cc2ccccc2)cc1. The van der Waals surface area contributed by atoms with E-state index in [4.69, 9.17) is 4.74 Å². The zero-order valence-corrected chi connectivity index (χ0v) is 21.2. The average Bonchev–Trinajstić information content (AvgIpc) is 3.30. The average molecular weight is 520 g/mol. The molecule has 0 bridgehead atoms. The smallest absolute Gasteiger partial charge is 0.259 e. The topological polar surface area (TPSA) is 72.5 Å². The summed E-state index contributed by atoms with van der Waals surface area (Å²) in [4.78, 5) is 39.1. The highest BCUT2D eigenvalue weighted by molar-refractivity contribution is 6.28. The van der Waals surface area contributed by atoms with Crippen molar-refractivity contribution in [2.45, 2.75) is 0 Å². The first-order valence-electron chi connectivity index (χ1n) is 12.6. The molecule has 1 aliphatic heterocycles. The fourth-order valence-electron chi connectivity index (χ4n) is 4.58. The highest BCUT2D eigenvalue weighted by Crippen LogP contribution is 2.34. The third-order valence-corrected chi connectivity index (χ3v) is 6.55. The van der Waals surface area contributed by atoms with Crippen molar-refractivity contribution in [1.29, 1.82) is 0 Å². The van der Waals surface area contributed by atoms with Gasteiger partial charge < -0.3 is 4.74 Å². The Balaban J connectivity index is 1.36. The van der Waals surface area contributed by atoms with Crippen LogP contribution in [-0.4, -0.2) is 17.6 Å². The molecule has 6 rings (SSSR count). The Morgan fingerprint density at radius 3 is 1.82 bits per heavy atom. The van der Waals surface area contributed by atoms with Gasteiger partial charge in [-0.2, -0.15) is 0 Å². The molecular formula is C35H21NO4. The molecule has 1 heterocycles. The molecule has 1 N–H and O–H groups in total. The maximum atomic E-state index is 13.9. The summed E-state index contributed by atoms with van der Waals surface area (Å²) in [6, 6.07) is 36.5. The van der Waals surface area contributed by atoms with Crippen LogP contribution in [0.4, 0.5) is 0 Å². The molecule has 1 aliphatic rings. The van der Waals surface area contributed by atoms with Gasteiger partial charge in [0.1, 0.15) is 11.5 Å². The number of para-hydroxylation sites is 1. The molecule has 40 heavy (non-hydrogen) atoms. The van der Waals surface area contributed by atoms with Crippen LogP contribution >= 0.6 is 0 Å². The Bertz CT molecular complexity index is 1810. The van der Waals surface area contributed by atoms with E-state index in [0.29, 0.717) is 28.2 Å². The standard InChI is InChI=1S/C35H21NO4/c37-33(26-15-13-24(14-16-26)12-11-23-7-3-1-4-8-23)31-29(21-22-30-32(31)35(39)36-34(30)38)25-17-19-28(20-18-25)40-27-9-5-2-6-10-27/h1-10,13-22H,(H,36,38,39). The first-order chi connectivity index (χ1) is 19.6. The van der Waals surface area contributed by atoms with E-state index in [1.807, 2.05) is 72.8 Å². The molecule has 0 fully saturated rings. The van der Waals surface area contributed by atoms with Gasteiger partial charge in [-0.25, -0.2) is 0 Å². The second kappa shape index (κ2) is 10.6. The van der Waals surface area contributed by atoms with Crippen LogP contribution in [0, 0.1) is 11.8 Å². The Kier molecular flexibility index (Phi) is 6.50. The quantitative estimate of drug-likeness (QED) is 0.160. The van der Waals surface area contributed by atoms with Crippen LogP contribution in [0.3, 0.4) is 0 Å². The van der Waals surface area contributed by atoms with Crippen molar-refractivity contribution in [1.82, 2.24) is 5.32 Å². The largest absolute Gasteiger partial charge is 0.457 e. The number of carbonyl (C=O) groups excluding carboxylic acids is 3. The lowest BCUT2D eigenvalue weighted by Crippen LogP contribution is -2.21. The number of fused-ring (bicyclic) bond motifs is 1. The number of hydrogen-bond acceptors (Lipinski definition) is 4. The molecule has 0 atom stereocenters. The third-order valence-electron chi connectivity index (χ3n) is 6.55. The van der Waals surface area contributed by atoms with Crippen molar-refractivity contribution in [3.63, 3.8) is 0 Å². The first-order valence-corrected chi connectivity index (χ1v) is 12.6. The van der Waals surface area contributed by atoms with Crippen LogP contribution in [0.5, 0.6) is 11.5 Å². The van der Waals surface area contributed by atoms with Crippen molar-refractivity contribution >= 4 is 17.6 Å². The number of amides is 2. The van der Waals surface area contributed by atoms with E-state index in [1.54, 1.807) is 48.5 Å². The molecule has 5 heteroatoms. The molecule has 190 valence electrons. The monoisotopic (exact) mass is 519 g/mol. The molecule has 0 saturated heterocycles. The predicted octanol–water partition coefficient (Wildman–Crippen LogP) is 6.66. The first kappa shape index (κ1) is 24.6. The molecule has 0 spiro atoms. The number of hydrogen-bond donors (Lipinski definition) is 1. The normalized spacial score (nSPS) is 11.7. The van der Waals surface area contributed by atoms with Gasteiger partial charge in [0.2, 0.25) is 0 Å². The predicted molar refractivity (Wildman–Crippen MR) is 152 cm³/mol. The molecule has 2 amide bonds. The summed E-state index contributed by atoms with van der Waals surface area (Å²) in [5.74, 6) is 6.08. The van der Waals surface area contributed by atoms with Crippen LogP contribution in [0.2, 0.25) is 0 Å².